The average Bonchev–Trinajstić information content (AvgIpc) is 2.66. The smallest absolute Gasteiger partial charge is 0.330 e. The molecule has 1 aromatic heterocycles. The predicted molar refractivity (Wildman–Crippen MR) is 84.8 cm³/mol. The molecule has 2 heterocycles. The van der Waals surface area contributed by atoms with E-state index in [9.17, 15) is 4.79 Å². The predicted octanol–water partition coefficient (Wildman–Crippen LogP) is 3.40. The summed E-state index contributed by atoms with van der Waals surface area (Å²) in [6.45, 7) is 11.2. The summed E-state index contributed by atoms with van der Waals surface area (Å²) in [4.78, 5) is 17.4. The van der Waals surface area contributed by atoms with Gasteiger partial charge in [0.15, 0.2) is 0 Å². The van der Waals surface area contributed by atoms with Crippen molar-refractivity contribution in [3.05, 3.63) is 15.9 Å². The van der Waals surface area contributed by atoms with Crippen molar-refractivity contribution in [2.24, 2.45) is 5.41 Å². The largest absolute Gasteiger partial charge is 0.367 e. The summed E-state index contributed by atoms with van der Waals surface area (Å²) in [5.74, 6) is -0.171. The van der Waals surface area contributed by atoms with Crippen molar-refractivity contribution in [3.63, 3.8) is 0 Å². The van der Waals surface area contributed by atoms with E-state index in [2.05, 4.69) is 32.6 Å². The van der Waals surface area contributed by atoms with Gasteiger partial charge in [-0.25, -0.2) is 4.79 Å². The third kappa shape index (κ3) is 3.66. The Kier molecular flexibility index (Phi) is 4.78. The Morgan fingerprint density at radius 2 is 1.86 bits per heavy atom. The Bertz CT molecular complexity index is 526. The van der Waals surface area contributed by atoms with E-state index in [4.69, 9.17) is 4.84 Å². The molecule has 1 saturated heterocycles. The van der Waals surface area contributed by atoms with Gasteiger partial charge in [-0.3, -0.25) is 4.68 Å². The van der Waals surface area contributed by atoms with Crippen LogP contribution in [0.5, 0.6) is 0 Å². The highest BCUT2D eigenvalue weighted by molar-refractivity contribution is 9.10. The van der Waals surface area contributed by atoms with Crippen molar-refractivity contribution in [2.45, 2.75) is 53.5 Å². The summed E-state index contributed by atoms with van der Waals surface area (Å²) in [7, 11) is 0. The number of piperidine rings is 1. The van der Waals surface area contributed by atoms with E-state index in [-0.39, 0.29) is 5.97 Å². The van der Waals surface area contributed by atoms with E-state index < -0.39 is 5.41 Å². The Balaban J connectivity index is 1.94. The lowest BCUT2D eigenvalue weighted by Gasteiger charge is -2.32. The Labute approximate surface area is 134 Å². The zero-order chi connectivity index (χ0) is 15.8. The minimum atomic E-state index is -0.461. The van der Waals surface area contributed by atoms with Crippen LogP contribution in [0, 0.1) is 19.3 Å². The summed E-state index contributed by atoms with van der Waals surface area (Å²) in [6.07, 6.45) is 1.87. The summed E-state index contributed by atoms with van der Waals surface area (Å²) in [5.41, 5.74) is 1.73. The van der Waals surface area contributed by atoms with Crippen LogP contribution < -0.4 is 0 Å². The lowest BCUT2D eigenvalue weighted by atomic mass is 9.98. The van der Waals surface area contributed by atoms with E-state index in [1.54, 1.807) is 5.06 Å². The van der Waals surface area contributed by atoms with E-state index >= 15 is 0 Å². The van der Waals surface area contributed by atoms with Gasteiger partial charge in [-0.2, -0.15) is 5.10 Å². The Morgan fingerprint density at radius 3 is 2.29 bits per heavy atom. The number of aryl methyl sites for hydroxylation is 1. The van der Waals surface area contributed by atoms with E-state index in [1.165, 1.54) is 0 Å². The molecule has 6 heteroatoms. The molecule has 0 amide bonds. The van der Waals surface area contributed by atoms with E-state index in [1.807, 2.05) is 27.7 Å². The number of aromatic nitrogens is 2. The Morgan fingerprint density at radius 1 is 1.29 bits per heavy atom. The van der Waals surface area contributed by atoms with Gasteiger partial charge in [0.25, 0.3) is 0 Å². The van der Waals surface area contributed by atoms with Crippen molar-refractivity contribution in [2.75, 3.05) is 13.1 Å². The second-order valence-electron chi connectivity index (χ2n) is 6.72. The van der Waals surface area contributed by atoms with Crippen molar-refractivity contribution >= 4 is 21.9 Å². The maximum absolute atomic E-state index is 11.9. The van der Waals surface area contributed by atoms with Crippen molar-refractivity contribution in [1.82, 2.24) is 14.8 Å². The number of carbonyl (C=O) groups excluding carboxylic acids is 1. The van der Waals surface area contributed by atoms with Crippen LogP contribution in [0.2, 0.25) is 0 Å². The molecule has 0 saturated carbocycles. The SMILES string of the molecule is Cc1nn(C2CCN(OC(=O)C(C)(C)C)CC2)c(C)c1Br. The lowest BCUT2D eigenvalue weighted by Crippen LogP contribution is -2.39. The lowest BCUT2D eigenvalue weighted by molar-refractivity contribution is -0.205. The van der Waals surface area contributed by atoms with Gasteiger partial charge in [0, 0.05) is 13.1 Å². The van der Waals surface area contributed by atoms with Crippen molar-refractivity contribution in [3.8, 4) is 0 Å². The summed E-state index contributed by atoms with van der Waals surface area (Å²) in [5, 5.41) is 6.38. The number of hydroxylamine groups is 2. The number of rotatable bonds is 2. The van der Waals surface area contributed by atoms with Crippen molar-refractivity contribution < 1.29 is 9.63 Å². The molecule has 2 rings (SSSR count). The minimum absolute atomic E-state index is 0.171. The van der Waals surface area contributed by atoms with Crippen molar-refractivity contribution in [1.29, 1.82) is 0 Å². The van der Waals surface area contributed by atoms with Gasteiger partial charge in [0.1, 0.15) is 0 Å². The van der Waals surface area contributed by atoms with Crippen LogP contribution in [0.25, 0.3) is 0 Å². The molecular weight excluding hydrogens is 334 g/mol. The molecule has 118 valence electrons. The molecule has 0 aromatic carbocycles. The van der Waals surface area contributed by atoms with Crippen LogP contribution in [0.15, 0.2) is 4.47 Å². The molecule has 0 spiro atoms. The molecule has 0 atom stereocenters. The monoisotopic (exact) mass is 357 g/mol. The van der Waals surface area contributed by atoms with Crippen LogP contribution in [0.4, 0.5) is 0 Å². The second-order valence-corrected chi connectivity index (χ2v) is 7.51. The second kappa shape index (κ2) is 6.08. The molecule has 0 N–H and O–H groups in total. The zero-order valence-electron chi connectivity index (χ0n) is 13.4. The van der Waals surface area contributed by atoms with E-state index in [0.29, 0.717) is 6.04 Å². The first-order valence-electron chi connectivity index (χ1n) is 7.38. The molecular formula is C15H24BrN3O2. The fraction of sp³-hybridized carbons (Fsp3) is 0.733. The standard InChI is InChI=1S/C15H24BrN3O2/c1-10-13(16)11(2)19(17-10)12-6-8-18(9-7-12)21-14(20)15(3,4)5/h12H,6-9H2,1-5H3. The van der Waals surface area contributed by atoms with Gasteiger partial charge >= 0.3 is 5.97 Å². The van der Waals surface area contributed by atoms with Crippen LogP contribution in [0.3, 0.4) is 0 Å². The molecule has 1 aliphatic heterocycles. The molecule has 0 aliphatic carbocycles. The number of carbonyl (C=O) groups is 1. The highest BCUT2D eigenvalue weighted by Gasteiger charge is 2.29. The number of hydrogen-bond donors (Lipinski definition) is 0. The molecule has 21 heavy (non-hydrogen) atoms. The minimum Gasteiger partial charge on any atom is -0.367 e. The van der Waals surface area contributed by atoms with Gasteiger partial charge in [-0.1, -0.05) is 0 Å². The number of hydrogen-bond acceptors (Lipinski definition) is 4. The highest BCUT2D eigenvalue weighted by atomic mass is 79.9. The number of halogens is 1. The summed E-state index contributed by atoms with van der Waals surface area (Å²) >= 11 is 3.57. The number of nitrogens with zero attached hydrogens (tertiary/aromatic N) is 3. The van der Waals surface area contributed by atoms with Crippen LogP contribution >= 0.6 is 15.9 Å². The molecule has 1 aromatic rings. The topological polar surface area (TPSA) is 47.4 Å². The Hall–Kier alpha value is -0.880. The third-order valence-electron chi connectivity index (χ3n) is 3.83. The first-order valence-corrected chi connectivity index (χ1v) is 8.18. The molecule has 0 unspecified atom stereocenters. The average molecular weight is 358 g/mol. The van der Waals surface area contributed by atoms with Crippen LogP contribution in [-0.4, -0.2) is 33.9 Å². The summed E-state index contributed by atoms with van der Waals surface area (Å²) < 4.78 is 3.19. The zero-order valence-corrected chi connectivity index (χ0v) is 15.0. The third-order valence-corrected chi connectivity index (χ3v) is 4.98. The van der Waals surface area contributed by atoms with Gasteiger partial charge < -0.3 is 4.84 Å². The van der Waals surface area contributed by atoms with E-state index in [0.717, 1.165) is 41.8 Å². The quantitative estimate of drug-likeness (QED) is 0.813. The first kappa shape index (κ1) is 16.5. The van der Waals surface area contributed by atoms with Gasteiger partial charge in [0.05, 0.1) is 27.3 Å². The van der Waals surface area contributed by atoms with Gasteiger partial charge in [-0.15, -0.1) is 5.06 Å². The summed E-state index contributed by atoms with van der Waals surface area (Å²) in [6, 6.07) is 0.375. The molecule has 1 aliphatic rings. The maximum atomic E-state index is 11.9. The first-order chi connectivity index (χ1) is 9.70. The van der Waals surface area contributed by atoms with Gasteiger partial charge in [-0.05, 0) is 63.4 Å². The fourth-order valence-corrected chi connectivity index (χ4v) is 2.69. The fourth-order valence-electron chi connectivity index (χ4n) is 2.43. The molecule has 5 nitrogen and oxygen atoms in total. The molecule has 1 fully saturated rings. The highest BCUT2D eigenvalue weighted by Crippen LogP contribution is 2.29. The molecule has 0 radical (unpaired) electrons. The van der Waals surface area contributed by atoms with Crippen LogP contribution in [-0.2, 0) is 9.63 Å². The molecule has 0 bridgehead atoms. The van der Waals surface area contributed by atoms with Gasteiger partial charge in [0.2, 0.25) is 0 Å². The normalized spacial score (nSPS) is 18.0. The van der Waals surface area contributed by atoms with Crippen LogP contribution in [0.1, 0.15) is 51.0 Å². The maximum Gasteiger partial charge on any atom is 0.330 e.